The molecule has 0 spiro atoms. The minimum absolute atomic E-state index is 0.0220. The molecule has 4 rings (SSSR count). The van der Waals surface area contributed by atoms with E-state index < -0.39 is 0 Å². The molecule has 6 nitrogen and oxygen atoms in total. The van der Waals surface area contributed by atoms with Crippen molar-refractivity contribution < 1.29 is 5.11 Å². The zero-order valence-electron chi connectivity index (χ0n) is 16.4. The van der Waals surface area contributed by atoms with E-state index in [4.69, 9.17) is 0 Å². The van der Waals surface area contributed by atoms with Crippen LogP contribution in [0.1, 0.15) is 47.6 Å². The van der Waals surface area contributed by atoms with Gasteiger partial charge in [-0.2, -0.15) is 4.52 Å². The Hall–Kier alpha value is -1.96. The first-order chi connectivity index (χ1) is 12.9. The Bertz CT molecular complexity index is 922. The molecular formula is C20H27N5OS. The number of thiazole rings is 1. The summed E-state index contributed by atoms with van der Waals surface area (Å²) in [6.45, 7) is 10.3. The van der Waals surface area contributed by atoms with Crippen molar-refractivity contribution in [3.8, 4) is 5.88 Å². The van der Waals surface area contributed by atoms with Crippen molar-refractivity contribution in [2.75, 3.05) is 33.2 Å². The van der Waals surface area contributed by atoms with Crippen molar-refractivity contribution in [3.63, 3.8) is 0 Å². The Kier molecular flexibility index (Phi) is 4.92. The molecule has 27 heavy (non-hydrogen) atoms. The molecular weight excluding hydrogens is 358 g/mol. The predicted molar refractivity (Wildman–Crippen MR) is 109 cm³/mol. The van der Waals surface area contributed by atoms with Gasteiger partial charge in [-0.1, -0.05) is 49.4 Å². The third-order valence-electron chi connectivity index (χ3n) is 5.38. The van der Waals surface area contributed by atoms with Crippen LogP contribution in [0.25, 0.3) is 4.96 Å². The lowest BCUT2D eigenvalue weighted by Crippen LogP contribution is -2.46. The van der Waals surface area contributed by atoms with Gasteiger partial charge in [-0.3, -0.25) is 4.90 Å². The summed E-state index contributed by atoms with van der Waals surface area (Å²) in [5.41, 5.74) is 2.54. The number of aromatic nitrogens is 3. The summed E-state index contributed by atoms with van der Waals surface area (Å²) in [7, 11) is 2.16. The van der Waals surface area contributed by atoms with Crippen molar-refractivity contribution in [2.45, 2.75) is 32.7 Å². The van der Waals surface area contributed by atoms with Gasteiger partial charge < -0.3 is 10.0 Å². The van der Waals surface area contributed by atoms with Crippen molar-refractivity contribution in [1.82, 2.24) is 24.4 Å². The number of nitrogens with zero attached hydrogens (tertiary/aromatic N) is 5. The average molecular weight is 386 g/mol. The van der Waals surface area contributed by atoms with Gasteiger partial charge in [-0.25, -0.2) is 4.98 Å². The zero-order valence-corrected chi connectivity index (χ0v) is 17.2. The van der Waals surface area contributed by atoms with Gasteiger partial charge in [0.05, 0.1) is 10.9 Å². The Labute approximate surface area is 164 Å². The van der Waals surface area contributed by atoms with E-state index in [2.05, 4.69) is 65.0 Å². The fraction of sp³-hybridized carbons (Fsp3) is 0.500. The average Bonchev–Trinajstić information content (AvgIpc) is 3.15. The van der Waals surface area contributed by atoms with E-state index in [1.54, 1.807) is 4.52 Å². The molecule has 0 radical (unpaired) electrons. The number of hydrogen-bond acceptors (Lipinski definition) is 6. The maximum absolute atomic E-state index is 10.9. The molecule has 0 amide bonds. The molecule has 1 fully saturated rings. The smallest absolute Gasteiger partial charge is 0.230 e. The molecule has 1 N–H and O–H groups in total. The topological polar surface area (TPSA) is 56.9 Å². The Morgan fingerprint density at radius 2 is 1.67 bits per heavy atom. The maximum Gasteiger partial charge on any atom is 0.230 e. The van der Waals surface area contributed by atoms with Gasteiger partial charge >= 0.3 is 0 Å². The molecule has 0 aliphatic carbocycles. The van der Waals surface area contributed by atoms with E-state index in [0.717, 1.165) is 36.0 Å². The lowest BCUT2D eigenvalue weighted by molar-refractivity contribution is 0.127. The second-order valence-corrected chi connectivity index (χ2v) is 8.72. The summed E-state index contributed by atoms with van der Waals surface area (Å²) in [5.74, 6) is 1.40. The first-order valence-corrected chi connectivity index (χ1v) is 10.3. The zero-order chi connectivity index (χ0) is 19.1. The SMILES string of the molecule is Cc1nc2sc([C@@H](c3ccc(C(C)C)cc3)N3CCN(C)CC3)c(O)n2n1. The Balaban J connectivity index is 1.77. The normalized spacial score (nSPS) is 17.8. The lowest BCUT2D eigenvalue weighted by Gasteiger charge is -2.37. The summed E-state index contributed by atoms with van der Waals surface area (Å²) in [6, 6.07) is 8.86. The Morgan fingerprint density at radius 1 is 1.04 bits per heavy atom. The molecule has 1 aromatic carbocycles. The van der Waals surface area contributed by atoms with Gasteiger partial charge in [0.2, 0.25) is 10.8 Å². The van der Waals surface area contributed by atoms with Crippen LogP contribution in [0, 0.1) is 6.92 Å². The first-order valence-electron chi connectivity index (χ1n) is 9.51. The molecule has 0 saturated carbocycles. The quantitative estimate of drug-likeness (QED) is 0.747. The summed E-state index contributed by atoms with van der Waals surface area (Å²) in [4.78, 5) is 10.9. The standard InChI is InChI=1S/C20H27N5OS/c1-13(2)15-5-7-16(8-6-15)17(24-11-9-23(4)10-12-24)18-19(26)25-20(27-18)21-14(3)22-25/h5-8,13,17,26H,9-12H2,1-4H3/t17-/m1/s1. The number of rotatable bonds is 4. The first kappa shape index (κ1) is 18.4. The van der Waals surface area contributed by atoms with Gasteiger partial charge in [-0.15, -0.1) is 5.10 Å². The van der Waals surface area contributed by atoms with Crippen molar-refractivity contribution in [2.24, 2.45) is 0 Å². The van der Waals surface area contributed by atoms with E-state index in [-0.39, 0.29) is 11.9 Å². The number of likely N-dealkylation sites (N-methyl/N-ethyl adjacent to an activating group) is 1. The molecule has 1 saturated heterocycles. The number of piperazine rings is 1. The molecule has 1 atom stereocenters. The highest BCUT2D eigenvalue weighted by Gasteiger charge is 2.31. The van der Waals surface area contributed by atoms with Crippen LogP contribution in [0.3, 0.4) is 0 Å². The second kappa shape index (κ2) is 7.22. The predicted octanol–water partition coefficient (Wildman–Crippen LogP) is 3.27. The van der Waals surface area contributed by atoms with Crippen LogP contribution in [-0.4, -0.2) is 62.7 Å². The molecule has 3 heterocycles. The van der Waals surface area contributed by atoms with Crippen molar-refractivity contribution in [1.29, 1.82) is 0 Å². The highest BCUT2D eigenvalue weighted by atomic mass is 32.1. The molecule has 0 bridgehead atoms. The van der Waals surface area contributed by atoms with E-state index in [1.807, 2.05) is 6.92 Å². The Morgan fingerprint density at radius 3 is 2.26 bits per heavy atom. The molecule has 2 aromatic heterocycles. The van der Waals surface area contributed by atoms with E-state index in [9.17, 15) is 5.11 Å². The molecule has 3 aromatic rings. The lowest BCUT2D eigenvalue weighted by atomic mass is 9.97. The summed E-state index contributed by atoms with van der Waals surface area (Å²) >= 11 is 1.54. The summed E-state index contributed by atoms with van der Waals surface area (Å²) in [5, 5.41) is 15.2. The van der Waals surface area contributed by atoms with E-state index in [1.165, 1.54) is 22.5 Å². The number of hydrogen-bond donors (Lipinski definition) is 1. The van der Waals surface area contributed by atoms with Gasteiger partial charge in [-0.05, 0) is 31.0 Å². The molecule has 7 heteroatoms. The molecule has 0 unspecified atom stereocenters. The summed E-state index contributed by atoms with van der Waals surface area (Å²) < 4.78 is 1.57. The van der Waals surface area contributed by atoms with E-state index in [0.29, 0.717) is 11.7 Å². The highest BCUT2D eigenvalue weighted by molar-refractivity contribution is 7.17. The van der Waals surface area contributed by atoms with Crippen LogP contribution in [-0.2, 0) is 0 Å². The molecule has 144 valence electrons. The summed E-state index contributed by atoms with van der Waals surface area (Å²) in [6.07, 6.45) is 0. The highest BCUT2D eigenvalue weighted by Crippen LogP contribution is 2.40. The fourth-order valence-corrected chi connectivity index (χ4v) is 4.86. The third kappa shape index (κ3) is 3.47. The minimum Gasteiger partial charge on any atom is -0.492 e. The minimum atomic E-state index is 0.0220. The third-order valence-corrected chi connectivity index (χ3v) is 6.45. The van der Waals surface area contributed by atoms with Crippen LogP contribution < -0.4 is 0 Å². The second-order valence-electron chi connectivity index (χ2n) is 7.71. The van der Waals surface area contributed by atoms with Gasteiger partial charge in [0, 0.05) is 26.2 Å². The fourth-order valence-electron chi connectivity index (χ4n) is 3.70. The monoisotopic (exact) mass is 385 g/mol. The number of benzene rings is 1. The largest absolute Gasteiger partial charge is 0.492 e. The van der Waals surface area contributed by atoms with Crippen molar-refractivity contribution in [3.05, 3.63) is 46.1 Å². The number of aromatic hydroxyl groups is 1. The number of fused-ring (bicyclic) bond motifs is 1. The van der Waals surface area contributed by atoms with Crippen LogP contribution in [0.4, 0.5) is 0 Å². The van der Waals surface area contributed by atoms with Gasteiger partial charge in [0.1, 0.15) is 5.82 Å². The molecule has 1 aliphatic rings. The van der Waals surface area contributed by atoms with Crippen LogP contribution in [0.15, 0.2) is 24.3 Å². The van der Waals surface area contributed by atoms with E-state index >= 15 is 0 Å². The molecule has 1 aliphatic heterocycles. The van der Waals surface area contributed by atoms with Crippen LogP contribution in [0.2, 0.25) is 0 Å². The maximum atomic E-state index is 10.9. The number of aryl methyl sites for hydroxylation is 1. The van der Waals surface area contributed by atoms with Crippen LogP contribution >= 0.6 is 11.3 Å². The van der Waals surface area contributed by atoms with Crippen LogP contribution in [0.5, 0.6) is 5.88 Å². The van der Waals surface area contributed by atoms with Gasteiger partial charge in [0.25, 0.3) is 0 Å². The van der Waals surface area contributed by atoms with Crippen molar-refractivity contribution >= 4 is 16.3 Å². The van der Waals surface area contributed by atoms with Gasteiger partial charge in [0.15, 0.2) is 0 Å².